The molecule has 0 saturated carbocycles. The zero-order valence-electron chi connectivity index (χ0n) is 15.9. The maximum atomic E-state index is 12.4. The molecule has 0 atom stereocenters. The van der Waals surface area contributed by atoms with Gasteiger partial charge in [-0.05, 0) is 58.0 Å². The van der Waals surface area contributed by atoms with Crippen LogP contribution in [0, 0.1) is 13.8 Å². The van der Waals surface area contributed by atoms with Gasteiger partial charge in [-0.25, -0.2) is 4.79 Å². The smallest absolute Gasteiger partial charge is 0.344 e. The Morgan fingerprint density at radius 1 is 1.04 bits per heavy atom. The number of hydrogen-bond donors (Lipinski definition) is 0. The van der Waals surface area contributed by atoms with Crippen LogP contribution < -0.4 is 9.47 Å². The summed E-state index contributed by atoms with van der Waals surface area (Å²) >= 11 is 0. The van der Waals surface area contributed by atoms with E-state index >= 15 is 0 Å². The quantitative estimate of drug-likeness (QED) is 0.533. The van der Waals surface area contributed by atoms with Gasteiger partial charge in [-0.1, -0.05) is 0 Å². The Morgan fingerprint density at radius 3 is 2.19 bits per heavy atom. The number of benzene rings is 1. The number of nitrogens with zero attached hydrogens (tertiary/aromatic N) is 1. The summed E-state index contributed by atoms with van der Waals surface area (Å²) in [6.07, 6.45) is 0. The van der Waals surface area contributed by atoms with Crippen LogP contribution in [0.1, 0.15) is 41.6 Å². The molecule has 140 valence electrons. The number of methoxy groups -OCH3 is 1. The number of aryl methyl sites for hydroxylation is 1. The maximum Gasteiger partial charge on any atom is 0.344 e. The molecule has 0 aliphatic heterocycles. The molecule has 0 bridgehead atoms. The highest BCUT2D eigenvalue weighted by molar-refractivity contribution is 5.99. The first-order valence-corrected chi connectivity index (χ1v) is 8.47. The number of carbonyl (C=O) groups is 2. The van der Waals surface area contributed by atoms with E-state index in [0.717, 1.165) is 11.4 Å². The van der Waals surface area contributed by atoms with Gasteiger partial charge in [0.05, 0.1) is 7.11 Å². The zero-order valence-corrected chi connectivity index (χ0v) is 15.9. The Labute approximate surface area is 153 Å². The minimum atomic E-state index is -0.591. The van der Waals surface area contributed by atoms with Gasteiger partial charge < -0.3 is 18.8 Å². The molecule has 6 heteroatoms. The van der Waals surface area contributed by atoms with E-state index in [-0.39, 0.29) is 25.0 Å². The van der Waals surface area contributed by atoms with Gasteiger partial charge >= 0.3 is 5.97 Å². The number of aromatic nitrogens is 1. The van der Waals surface area contributed by atoms with Crippen LogP contribution in [-0.2, 0) is 9.53 Å². The predicted octanol–water partition coefficient (Wildman–Crippen LogP) is 3.50. The molecule has 1 aromatic heterocycles. The van der Waals surface area contributed by atoms with E-state index in [2.05, 4.69) is 18.4 Å². The molecule has 0 spiro atoms. The normalized spacial score (nSPS) is 10.7. The monoisotopic (exact) mass is 359 g/mol. The maximum absolute atomic E-state index is 12.4. The second-order valence-electron chi connectivity index (χ2n) is 6.30. The van der Waals surface area contributed by atoms with Crippen LogP contribution in [-0.4, -0.2) is 36.6 Å². The molecule has 0 N–H and O–H groups in total. The highest BCUT2D eigenvalue weighted by Gasteiger charge is 2.18. The third-order valence-corrected chi connectivity index (χ3v) is 4.08. The third-order valence-electron chi connectivity index (χ3n) is 4.08. The van der Waals surface area contributed by atoms with E-state index in [1.54, 1.807) is 31.4 Å². The lowest BCUT2D eigenvalue weighted by Gasteiger charge is -2.13. The lowest BCUT2D eigenvalue weighted by Crippen LogP contribution is -2.20. The Hall–Kier alpha value is -2.76. The molecule has 0 radical (unpaired) electrons. The topological polar surface area (TPSA) is 66.8 Å². The number of hydrogen-bond acceptors (Lipinski definition) is 5. The summed E-state index contributed by atoms with van der Waals surface area (Å²) in [4.78, 5) is 24.2. The summed E-state index contributed by atoms with van der Waals surface area (Å²) in [5.74, 6) is 0.411. The van der Waals surface area contributed by atoms with E-state index in [9.17, 15) is 9.59 Å². The first-order chi connectivity index (χ1) is 12.3. The molecule has 0 aliphatic carbocycles. The minimum absolute atomic E-state index is 0.220. The molecule has 0 saturated heterocycles. The van der Waals surface area contributed by atoms with Crippen LogP contribution in [0.2, 0.25) is 0 Å². The van der Waals surface area contributed by atoms with Gasteiger partial charge in [0.15, 0.2) is 13.2 Å². The summed E-state index contributed by atoms with van der Waals surface area (Å²) in [5.41, 5.74) is 2.48. The van der Waals surface area contributed by atoms with E-state index in [1.165, 1.54) is 0 Å². The highest BCUT2D eigenvalue weighted by Crippen LogP contribution is 2.21. The summed E-state index contributed by atoms with van der Waals surface area (Å²) in [6, 6.07) is 8.94. The molecule has 1 aromatic carbocycles. The summed E-state index contributed by atoms with van der Waals surface area (Å²) < 4.78 is 17.5. The van der Waals surface area contributed by atoms with Gasteiger partial charge in [0, 0.05) is 23.0 Å². The fourth-order valence-electron chi connectivity index (χ4n) is 2.93. The summed E-state index contributed by atoms with van der Waals surface area (Å²) in [6.45, 7) is 7.42. The SMILES string of the molecule is COc1ccc(OCC(=O)OCC(=O)c2cc(C)n(C(C)C)c2C)cc1. The lowest BCUT2D eigenvalue weighted by molar-refractivity contribution is -0.144. The number of rotatable bonds is 8. The first kappa shape index (κ1) is 19.6. The van der Waals surface area contributed by atoms with Gasteiger partial charge in [-0.15, -0.1) is 0 Å². The Morgan fingerprint density at radius 2 is 1.65 bits per heavy atom. The van der Waals surface area contributed by atoms with Crippen LogP contribution in [0.3, 0.4) is 0 Å². The molecular formula is C20H25NO5. The predicted molar refractivity (Wildman–Crippen MR) is 98.1 cm³/mol. The van der Waals surface area contributed by atoms with Gasteiger partial charge in [-0.2, -0.15) is 0 Å². The molecule has 0 aliphatic rings. The van der Waals surface area contributed by atoms with Crippen molar-refractivity contribution in [1.29, 1.82) is 0 Å². The van der Waals surface area contributed by atoms with Gasteiger partial charge in [0.2, 0.25) is 5.78 Å². The molecule has 2 aromatic rings. The van der Waals surface area contributed by atoms with Crippen molar-refractivity contribution >= 4 is 11.8 Å². The number of esters is 1. The summed E-state index contributed by atoms with van der Waals surface area (Å²) in [5, 5.41) is 0. The zero-order chi connectivity index (χ0) is 19.3. The average Bonchev–Trinajstić information content (AvgIpc) is 2.92. The second-order valence-corrected chi connectivity index (χ2v) is 6.30. The van der Waals surface area contributed by atoms with E-state index in [4.69, 9.17) is 14.2 Å². The molecule has 1 heterocycles. The fourth-order valence-corrected chi connectivity index (χ4v) is 2.93. The van der Waals surface area contributed by atoms with Crippen molar-refractivity contribution in [2.75, 3.05) is 20.3 Å². The van der Waals surface area contributed by atoms with E-state index in [1.807, 2.05) is 19.9 Å². The van der Waals surface area contributed by atoms with E-state index < -0.39 is 5.97 Å². The Bertz CT molecular complexity index is 774. The third kappa shape index (κ3) is 4.65. The van der Waals surface area contributed by atoms with Crippen LogP contribution in [0.15, 0.2) is 30.3 Å². The van der Waals surface area contributed by atoms with Crippen molar-refractivity contribution in [3.63, 3.8) is 0 Å². The molecule has 0 amide bonds. The Balaban J connectivity index is 1.87. The van der Waals surface area contributed by atoms with Crippen LogP contribution >= 0.6 is 0 Å². The van der Waals surface area contributed by atoms with E-state index in [0.29, 0.717) is 17.1 Å². The molecule has 6 nitrogen and oxygen atoms in total. The van der Waals surface area contributed by atoms with Gasteiger partial charge in [-0.3, -0.25) is 4.79 Å². The minimum Gasteiger partial charge on any atom is -0.497 e. The van der Waals surface area contributed by atoms with Crippen molar-refractivity contribution in [3.05, 3.63) is 47.3 Å². The molecule has 0 fully saturated rings. The van der Waals surface area contributed by atoms with Crippen molar-refractivity contribution in [2.24, 2.45) is 0 Å². The standard InChI is InChI=1S/C20H25NO5/c1-13(2)21-14(3)10-18(15(21)4)19(22)11-26-20(23)12-25-17-8-6-16(24-5)7-9-17/h6-10,13H,11-12H2,1-5H3. The fraction of sp³-hybridized carbons (Fsp3) is 0.400. The number of Topliss-reactive ketones (excluding diaryl/α,β-unsaturated/α-hetero) is 1. The summed E-state index contributed by atoms with van der Waals surface area (Å²) in [7, 11) is 1.57. The largest absolute Gasteiger partial charge is 0.497 e. The Kier molecular flexibility index (Phi) is 6.44. The van der Waals surface area contributed by atoms with Crippen molar-refractivity contribution in [3.8, 4) is 11.5 Å². The first-order valence-electron chi connectivity index (χ1n) is 8.47. The van der Waals surface area contributed by atoms with Gasteiger partial charge in [0.25, 0.3) is 0 Å². The van der Waals surface area contributed by atoms with Crippen LogP contribution in [0.4, 0.5) is 0 Å². The van der Waals surface area contributed by atoms with Crippen molar-refractivity contribution < 1.29 is 23.8 Å². The molecule has 2 rings (SSSR count). The number of carbonyl (C=O) groups excluding carboxylic acids is 2. The lowest BCUT2D eigenvalue weighted by atomic mass is 10.1. The molecular weight excluding hydrogens is 334 g/mol. The second kappa shape index (κ2) is 8.56. The average molecular weight is 359 g/mol. The molecule has 26 heavy (non-hydrogen) atoms. The van der Waals surface area contributed by atoms with Crippen LogP contribution in [0.5, 0.6) is 11.5 Å². The molecule has 0 unspecified atom stereocenters. The number of ketones is 1. The van der Waals surface area contributed by atoms with Crippen molar-refractivity contribution in [2.45, 2.75) is 33.7 Å². The highest BCUT2D eigenvalue weighted by atomic mass is 16.6. The number of ether oxygens (including phenoxy) is 3. The van der Waals surface area contributed by atoms with Crippen LogP contribution in [0.25, 0.3) is 0 Å². The van der Waals surface area contributed by atoms with Crippen molar-refractivity contribution in [1.82, 2.24) is 4.57 Å². The van der Waals surface area contributed by atoms with Gasteiger partial charge in [0.1, 0.15) is 11.5 Å².